The largest absolute Gasteiger partial charge is 0.488 e. The van der Waals surface area contributed by atoms with Gasteiger partial charge >= 0.3 is 12.1 Å². The molecule has 1 aliphatic heterocycles. The van der Waals surface area contributed by atoms with Crippen molar-refractivity contribution in [1.29, 1.82) is 0 Å². The molecular weight excluding hydrogens is 363 g/mol. The molecule has 146 valence electrons. The summed E-state index contributed by atoms with van der Waals surface area (Å²) in [6, 6.07) is 1.77. The van der Waals surface area contributed by atoms with Gasteiger partial charge in [0, 0.05) is 17.4 Å². The van der Waals surface area contributed by atoms with Crippen LogP contribution in [-0.4, -0.2) is 35.1 Å². The van der Waals surface area contributed by atoms with E-state index in [1.54, 1.807) is 0 Å². The molecule has 0 radical (unpaired) electrons. The highest BCUT2D eigenvalue weighted by molar-refractivity contribution is 5.75. The first kappa shape index (κ1) is 20.4. The van der Waals surface area contributed by atoms with Crippen LogP contribution in [0.1, 0.15) is 39.2 Å². The fraction of sp³-hybridized carbons (Fsp3) is 0.588. The number of carboxylic acid groups (broad SMARTS) is 1. The van der Waals surface area contributed by atoms with Crippen LogP contribution < -0.4 is 4.74 Å². The van der Waals surface area contributed by atoms with Gasteiger partial charge < -0.3 is 14.6 Å². The van der Waals surface area contributed by atoms with Gasteiger partial charge in [-0.15, -0.1) is 0 Å². The molecule has 0 amide bonds. The number of carboxylic acids is 1. The summed E-state index contributed by atoms with van der Waals surface area (Å²) in [5.74, 6) is -7.63. The van der Waals surface area contributed by atoms with E-state index in [0.29, 0.717) is 0 Å². The third kappa shape index (κ3) is 3.24. The lowest BCUT2D eigenvalue weighted by atomic mass is 9.77. The van der Waals surface area contributed by atoms with Crippen molar-refractivity contribution in [3.63, 3.8) is 0 Å². The Labute approximate surface area is 146 Å². The number of aliphatic carboxylic acids is 1. The number of alkyl halides is 3. The molecule has 4 nitrogen and oxygen atoms in total. The third-order valence-corrected chi connectivity index (χ3v) is 4.70. The van der Waals surface area contributed by atoms with E-state index in [2.05, 4.69) is 0 Å². The van der Waals surface area contributed by atoms with Gasteiger partial charge in [-0.3, -0.25) is 0 Å². The van der Waals surface area contributed by atoms with Crippen LogP contribution in [0.15, 0.2) is 12.1 Å². The second kappa shape index (κ2) is 6.68. The van der Waals surface area contributed by atoms with Crippen LogP contribution in [0.5, 0.6) is 5.75 Å². The van der Waals surface area contributed by atoms with Crippen molar-refractivity contribution in [2.24, 2.45) is 5.92 Å². The highest BCUT2D eigenvalue weighted by atomic mass is 19.4. The topological polar surface area (TPSA) is 55.8 Å². The molecule has 2 rings (SSSR count). The molecule has 0 saturated carbocycles. The van der Waals surface area contributed by atoms with Crippen LogP contribution in [0.25, 0.3) is 0 Å². The van der Waals surface area contributed by atoms with Gasteiger partial charge in [0.1, 0.15) is 0 Å². The van der Waals surface area contributed by atoms with E-state index in [9.17, 15) is 31.9 Å². The van der Waals surface area contributed by atoms with E-state index in [1.165, 1.54) is 20.8 Å². The maximum absolute atomic E-state index is 14.2. The Kier molecular flexibility index (Phi) is 5.24. The molecule has 1 fully saturated rings. The zero-order valence-corrected chi connectivity index (χ0v) is 14.5. The number of ether oxygens (including phenoxy) is 2. The molecule has 4 atom stereocenters. The normalized spacial score (nSPS) is 29.2. The zero-order valence-electron chi connectivity index (χ0n) is 14.5. The summed E-state index contributed by atoms with van der Waals surface area (Å²) < 4.78 is 78.5. The Hall–Kier alpha value is -1.90. The van der Waals surface area contributed by atoms with E-state index >= 15 is 0 Å². The van der Waals surface area contributed by atoms with E-state index in [-0.39, 0.29) is 5.56 Å². The number of carbonyl (C=O) groups is 1. The predicted octanol–water partition coefficient (Wildman–Crippen LogP) is 4.28. The summed E-state index contributed by atoms with van der Waals surface area (Å²) in [6.45, 7) is 4.96. The van der Waals surface area contributed by atoms with Gasteiger partial charge in [0.2, 0.25) is 5.82 Å². The minimum Gasteiger partial charge on any atom is -0.488 e. The molecule has 0 bridgehead atoms. The van der Waals surface area contributed by atoms with Crippen molar-refractivity contribution >= 4 is 5.97 Å². The minimum absolute atomic E-state index is 0.175. The lowest BCUT2D eigenvalue weighted by Gasteiger charge is -2.32. The van der Waals surface area contributed by atoms with Crippen LogP contribution in [-0.2, 0) is 9.53 Å². The molecule has 1 heterocycles. The second-order valence-electron chi connectivity index (χ2n) is 6.74. The second-order valence-corrected chi connectivity index (χ2v) is 6.74. The molecule has 26 heavy (non-hydrogen) atoms. The minimum atomic E-state index is -4.85. The summed E-state index contributed by atoms with van der Waals surface area (Å²) in [5.41, 5.74) is -2.94. The average molecular weight is 382 g/mol. The van der Waals surface area contributed by atoms with Gasteiger partial charge in [-0.1, -0.05) is 13.0 Å². The average Bonchev–Trinajstić information content (AvgIpc) is 2.77. The molecule has 0 aromatic heterocycles. The first-order chi connectivity index (χ1) is 11.8. The van der Waals surface area contributed by atoms with Crippen molar-refractivity contribution in [1.82, 2.24) is 0 Å². The maximum atomic E-state index is 14.2. The van der Waals surface area contributed by atoms with Gasteiger partial charge in [-0.2, -0.15) is 17.6 Å². The fourth-order valence-corrected chi connectivity index (χ4v) is 3.18. The molecular formula is C17H19F5O4. The van der Waals surface area contributed by atoms with Gasteiger partial charge in [-0.25, -0.2) is 9.18 Å². The van der Waals surface area contributed by atoms with Gasteiger partial charge in [0.15, 0.2) is 23.3 Å². The Morgan fingerprint density at radius 2 is 1.88 bits per heavy atom. The first-order valence-corrected chi connectivity index (χ1v) is 7.93. The molecule has 1 aliphatic rings. The van der Waals surface area contributed by atoms with E-state index < -0.39 is 59.2 Å². The summed E-state index contributed by atoms with van der Waals surface area (Å²) in [7, 11) is 0. The Bertz CT molecular complexity index is 703. The van der Waals surface area contributed by atoms with Gasteiger partial charge in [0.05, 0.1) is 6.10 Å². The number of hydrogen-bond donors (Lipinski definition) is 1. The van der Waals surface area contributed by atoms with Crippen LogP contribution in [0, 0.1) is 17.6 Å². The van der Waals surface area contributed by atoms with E-state index in [0.717, 1.165) is 19.1 Å². The summed E-state index contributed by atoms with van der Waals surface area (Å²) in [4.78, 5) is 11.5. The smallest absolute Gasteiger partial charge is 0.417 e. The molecule has 1 aromatic carbocycles. The third-order valence-electron chi connectivity index (χ3n) is 4.70. The van der Waals surface area contributed by atoms with Gasteiger partial charge in [-0.05, 0) is 26.8 Å². The number of benzene rings is 1. The van der Waals surface area contributed by atoms with Crippen LogP contribution >= 0.6 is 0 Å². The summed E-state index contributed by atoms with van der Waals surface area (Å²) >= 11 is 0. The molecule has 1 N–H and O–H groups in total. The van der Waals surface area contributed by atoms with Crippen molar-refractivity contribution < 1.29 is 41.3 Å². The van der Waals surface area contributed by atoms with Crippen LogP contribution in [0.4, 0.5) is 22.0 Å². The highest BCUT2D eigenvalue weighted by Crippen LogP contribution is 2.54. The molecule has 0 spiro atoms. The Morgan fingerprint density at radius 1 is 1.31 bits per heavy atom. The number of hydrogen-bond acceptors (Lipinski definition) is 3. The number of halogens is 5. The van der Waals surface area contributed by atoms with E-state index in [1.807, 2.05) is 0 Å². The molecule has 4 unspecified atom stereocenters. The molecule has 9 heteroatoms. The van der Waals surface area contributed by atoms with Crippen molar-refractivity contribution in [3.05, 3.63) is 29.3 Å². The SMILES string of the molecule is CC(C)Oc1c(C2C(C(=O)O)OC(C)(C(F)(F)F)C2C)ccc(F)c1F. The van der Waals surface area contributed by atoms with Gasteiger partial charge in [0.25, 0.3) is 0 Å². The summed E-state index contributed by atoms with van der Waals surface area (Å²) in [6.07, 6.45) is -7.36. The van der Waals surface area contributed by atoms with Crippen molar-refractivity contribution in [2.45, 2.75) is 57.6 Å². The van der Waals surface area contributed by atoms with Crippen molar-refractivity contribution in [3.8, 4) is 5.75 Å². The first-order valence-electron chi connectivity index (χ1n) is 7.93. The fourth-order valence-electron chi connectivity index (χ4n) is 3.18. The Balaban J connectivity index is 2.65. The zero-order chi connectivity index (χ0) is 20.0. The van der Waals surface area contributed by atoms with Crippen LogP contribution in [0.3, 0.4) is 0 Å². The monoisotopic (exact) mass is 382 g/mol. The lowest BCUT2D eigenvalue weighted by molar-refractivity contribution is -0.273. The Morgan fingerprint density at radius 3 is 2.35 bits per heavy atom. The standard InChI is InChI=1S/C17H19F5O4/c1-7(2)25-13-9(5-6-10(18)12(13)19)11-8(3)16(4,17(20,21)22)26-14(11)15(23)24/h5-8,11,14H,1-4H3,(H,23,24). The predicted molar refractivity (Wildman–Crippen MR) is 81.0 cm³/mol. The number of rotatable bonds is 4. The highest BCUT2D eigenvalue weighted by Gasteiger charge is 2.66. The maximum Gasteiger partial charge on any atom is 0.417 e. The molecule has 1 aromatic rings. The van der Waals surface area contributed by atoms with Crippen molar-refractivity contribution in [2.75, 3.05) is 0 Å². The molecule has 0 aliphatic carbocycles. The van der Waals surface area contributed by atoms with Crippen LogP contribution in [0.2, 0.25) is 0 Å². The molecule has 1 saturated heterocycles. The summed E-state index contributed by atoms with van der Waals surface area (Å²) in [5, 5.41) is 9.36. The van der Waals surface area contributed by atoms with E-state index in [4.69, 9.17) is 9.47 Å². The quantitative estimate of drug-likeness (QED) is 0.790. The lowest BCUT2D eigenvalue weighted by Crippen LogP contribution is -2.47.